The lowest BCUT2D eigenvalue weighted by atomic mass is 10.00. The Morgan fingerprint density at radius 1 is 1.14 bits per heavy atom. The van der Waals surface area contributed by atoms with E-state index in [-0.39, 0.29) is 23.5 Å². The van der Waals surface area contributed by atoms with E-state index >= 15 is 0 Å². The Labute approximate surface area is 170 Å². The van der Waals surface area contributed by atoms with Gasteiger partial charge in [0.1, 0.15) is 6.10 Å². The maximum Gasteiger partial charge on any atom is 0.195 e. The average molecular weight is 399 g/mol. The summed E-state index contributed by atoms with van der Waals surface area (Å²) in [4.78, 5) is 0. The van der Waals surface area contributed by atoms with E-state index in [1.165, 1.54) is 16.3 Å². The Morgan fingerprint density at radius 2 is 1.86 bits per heavy atom. The summed E-state index contributed by atoms with van der Waals surface area (Å²) in [6.07, 6.45) is 3.84. The highest BCUT2D eigenvalue weighted by Gasteiger charge is 2.48. The minimum absolute atomic E-state index is 0.0420. The van der Waals surface area contributed by atoms with E-state index < -0.39 is 8.32 Å². The summed E-state index contributed by atoms with van der Waals surface area (Å²) in [6.45, 7) is 15.7. The molecule has 2 aromatic rings. The first-order chi connectivity index (χ1) is 13.2. The number of hydrogen-bond donors (Lipinski definition) is 0. The fourth-order valence-electron chi connectivity index (χ4n) is 3.16. The number of rotatable bonds is 9. The van der Waals surface area contributed by atoms with E-state index in [9.17, 15) is 0 Å². The SMILES string of the molecule is C=CCO[C@@H](CC[C@@H]1O[C@@H]1O[Si](C)(C)C(C)(C)C)c1ccc2ccccc2c1. The Morgan fingerprint density at radius 3 is 2.54 bits per heavy atom. The molecule has 1 saturated heterocycles. The molecule has 3 atom stereocenters. The van der Waals surface area contributed by atoms with Crippen molar-refractivity contribution in [3.63, 3.8) is 0 Å². The maximum atomic E-state index is 6.36. The normalized spacial score (nSPS) is 20.9. The van der Waals surface area contributed by atoms with Gasteiger partial charge in [-0.25, -0.2) is 0 Å². The van der Waals surface area contributed by atoms with E-state index in [0.29, 0.717) is 6.61 Å². The van der Waals surface area contributed by atoms with Crippen LogP contribution in [0.4, 0.5) is 0 Å². The molecule has 28 heavy (non-hydrogen) atoms. The van der Waals surface area contributed by atoms with Gasteiger partial charge in [0, 0.05) is 0 Å². The van der Waals surface area contributed by atoms with Crippen molar-refractivity contribution in [2.45, 2.75) is 70.2 Å². The van der Waals surface area contributed by atoms with Crippen LogP contribution in [0.1, 0.15) is 45.3 Å². The first-order valence-corrected chi connectivity index (χ1v) is 13.2. The summed E-state index contributed by atoms with van der Waals surface area (Å²) < 4.78 is 18.3. The highest BCUT2D eigenvalue weighted by Crippen LogP contribution is 2.42. The minimum atomic E-state index is -1.79. The fourth-order valence-corrected chi connectivity index (χ4v) is 4.30. The molecule has 1 heterocycles. The molecule has 0 N–H and O–H groups in total. The summed E-state index contributed by atoms with van der Waals surface area (Å²) in [7, 11) is -1.79. The molecule has 0 aromatic heterocycles. The van der Waals surface area contributed by atoms with Gasteiger partial charge in [-0.1, -0.05) is 63.2 Å². The predicted octanol–water partition coefficient (Wildman–Crippen LogP) is 6.61. The molecular weight excluding hydrogens is 364 g/mol. The second-order valence-corrected chi connectivity index (χ2v) is 14.0. The molecule has 3 rings (SSSR count). The molecule has 1 fully saturated rings. The average Bonchev–Trinajstić information content (AvgIpc) is 3.37. The van der Waals surface area contributed by atoms with E-state index in [1.807, 2.05) is 6.08 Å². The molecule has 0 aliphatic carbocycles. The van der Waals surface area contributed by atoms with Crippen molar-refractivity contribution in [1.29, 1.82) is 0 Å². The lowest BCUT2D eigenvalue weighted by Gasteiger charge is -2.35. The monoisotopic (exact) mass is 398 g/mol. The molecule has 0 bridgehead atoms. The summed E-state index contributed by atoms with van der Waals surface area (Å²) in [6, 6.07) is 15.0. The van der Waals surface area contributed by atoms with Crippen molar-refractivity contribution in [2.24, 2.45) is 0 Å². The standard InChI is InChI=1S/C24H34O3Si/c1-7-16-25-21(20-13-12-18-10-8-9-11-19(18)17-20)14-15-22-23(26-22)27-28(5,6)24(2,3)4/h7-13,17,21-23H,1,14-16H2,2-6H3/t21-,22-,23+/m0/s1. The number of ether oxygens (including phenoxy) is 2. The largest absolute Gasteiger partial charge is 0.390 e. The molecule has 0 radical (unpaired) electrons. The van der Waals surface area contributed by atoms with Crippen molar-refractivity contribution < 1.29 is 13.9 Å². The lowest BCUT2D eigenvalue weighted by Crippen LogP contribution is -2.41. The highest BCUT2D eigenvalue weighted by atomic mass is 28.4. The van der Waals surface area contributed by atoms with Crippen LogP contribution in [0.2, 0.25) is 18.1 Å². The summed E-state index contributed by atoms with van der Waals surface area (Å²) in [5, 5.41) is 2.69. The molecule has 1 aliphatic rings. The third kappa shape index (κ3) is 5.12. The number of fused-ring (bicyclic) bond motifs is 1. The smallest absolute Gasteiger partial charge is 0.195 e. The van der Waals surface area contributed by atoms with Gasteiger partial charge in [0.15, 0.2) is 14.6 Å². The topological polar surface area (TPSA) is 31.0 Å². The van der Waals surface area contributed by atoms with Crippen LogP contribution in [0.25, 0.3) is 10.8 Å². The van der Waals surface area contributed by atoms with Gasteiger partial charge >= 0.3 is 0 Å². The van der Waals surface area contributed by atoms with Gasteiger partial charge in [0.2, 0.25) is 0 Å². The molecule has 152 valence electrons. The fraction of sp³-hybridized carbons (Fsp3) is 0.500. The van der Waals surface area contributed by atoms with Gasteiger partial charge in [0.05, 0.1) is 12.7 Å². The van der Waals surface area contributed by atoms with Crippen LogP contribution in [0.15, 0.2) is 55.1 Å². The third-order valence-electron chi connectivity index (χ3n) is 6.03. The van der Waals surface area contributed by atoms with Crippen LogP contribution in [0.5, 0.6) is 0 Å². The van der Waals surface area contributed by atoms with Crippen LogP contribution >= 0.6 is 0 Å². The number of epoxide rings is 1. The van der Waals surface area contributed by atoms with Crippen LogP contribution in [0, 0.1) is 0 Å². The van der Waals surface area contributed by atoms with Gasteiger partial charge in [-0.15, -0.1) is 6.58 Å². The zero-order valence-corrected chi connectivity index (χ0v) is 18.9. The van der Waals surface area contributed by atoms with Gasteiger partial charge < -0.3 is 13.9 Å². The molecule has 0 unspecified atom stereocenters. The molecule has 0 spiro atoms. The lowest BCUT2D eigenvalue weighted by molar-refractivity contribution is 0.0643. The van der Waals surface area contributed by atoms with Gasteiger partial charge in [-0.3, -0.25) is 0 Å². The minimum Gasteiger partial charge on any atom is -0.390 e. The molecule has 2 aromatic carbocycles. The van der Waals surface area contributed by atoms with Gasteiger partial charge in [-0.05, 0) is 53.4 Å². The quantitative estimate of drug-likeness (QED) is 0.270. The van der Waals surface area contributed by atoms with E-state index in [4.69, 9.17) is 13.9 Å². The van der Waals surface area contributed by atoms with E-state index in [0.717, 1.165) is 12.8 Å². The van der Waals surface area contributed by atoms with E-state index in [2.05, 4.69) is 82.9 Å². The van der Waals surface area contributed by atoms with E-state index in [1.54, 1.807) is 0 Å². The molecule has 4 heteroatoms. The summed E-state index contributed by atoms with van der Waals surface area (Å²) in [5.74, 6) is 0. The third-order valence-corrected chi connectivity index (χ3v) is 10.5. The van der Waals surface area contributed by atoms with Crippen LogP contribution in [-0.4, -0.2) is 27.3 Å². The first-order valence-electron chi connectivity index (χ1n) is 10.3. The number of hydrogen-bond acceptors (Lipinski definition) is 3. The zero-order chi connectivity index (χ0) is 20.4. The van der Waals surface area contributed by atoms with Crippen LogP contribution in [0.3, 0.4) is 0 Å². The first kappa shape index (κ1) is 21.3. The van der Waals surface area contributed by atoms with Gasteiger partial charge in [-0.2, -0.15) is 0 Å². The van der Waals surface area contributed by atoms with Crippen molar-refractivity contribution in [1.82, 2.24) is 0 Å². The van der Waals surface area contributed by atoms with Crippen LogP contribution in [-0.2, 0) is 13.9 Å². The Kier molecular flexibility index (Phi) is 6.45. The Bertz CT molecular complexity index is 809. The van der Waals surface area contributed by atoms with Crippen molar-refractivity contribution in [3.05, 3.63) is 60.7 Å². The molecular formula is C24H34O3Si. The van der Waals surface area contributed by atoms with Crippen molar-refractivity contribution >= 4 is 19.1 Å². The highest BCUT2D eigenvalue weighted by molar-refractivity contribution is 6.74. The van der Waals surface area contributed by atoms with Crippen molar-refractivity contribution in [2.75, 3.05) is 6.61 Å². The zero-order valence-electron chi connectivity index (χ0n) is 17.9. The number of benzene rings is 2. The predicted molar refractivity (Wildman–Crippen MR) is 119 cm³/mol. The Balaban J connectivity index is 1.61. The summed E-state index contributed by atoms with van der Waals surface area (Å²) >= 11 is 0. The maximum absolute atomic E-state index is 6.36. The molecule has 0 saturated carbocycles. The molecule has 3 nitrogen and oxygen atoms in total. The summed E-state index contributed by atoms with van der Waals surface area (Å²) in [5.41, 5.74) is 1.21. The second kappa shape index (κ2) is 8.50. The second-order valence-electron chi connectivity index (χ2n) is 9.22. The molecule has 1 aliphatic heterocycles. The van der Waals surface area contributed by atoms with Crippen LogP contribution < -0.4 is 0 Å². The van der Waals surface area contributed by atoms with Crippen molar-refractivity contribution in [3.8, 4) is 0 Å². The van der Waals surface area contributed by atoms with Gasteiger partial charge in [0.25, 0.3) is 0 Å². The molecule has 0 amide bonds. The Hall–Kier alpha value is -1.46.